The van der Waals surface area contributed by atoms with Gasteiger partial charge in [-0.25, -0.2) is 8.78 Å². The second kappa shape index (κ2) is 8.22. The summed E-state index contributed by atoms with van der Waals surface area (Å²) in [5.74, 6) is -7.42. The molecule has 0 amide bonds. The molecule has 28 heavy (non-hydrogen) atoms. The number of nitrogens with one attached hydrogen (secondary N) is 1. The minimum Gasteiger partial charge on any atom is -0.346 e. The fraction of sp³-hybridized carbons (Fsp3) is 0.471. The Labute approximate surface area is 159 Å². The highest BCUT2D eigenvalue weighted by atomic mass is 32.2. The van der Waals surface area contributed by atoms with Crippen molar-refractivity contribution in [3.63, 3.8) is 0 Å². The second-order valence-electron chi connectivity index (χ2n) is 6.36. The zero-order valence-corrected chi connectivity index (χ0v) is 15.7. The van der Waals surface area contributed by atoms with Crippen LogP contribution in [-0.2, 0) is 17.2 Å². The van der Waals surface area contributed by atoms with Crippen molar-refractivity contribution in [1.29, 1.82) is 0 Å². The summed E-state index contributed by atoms with van der Waals surface area (Å²) in [6.07, 6.45) is -6.99. The smallest absolute Gasteiger partial charge is 0.346 e. The minimum absolute atomic E-state index is 0.00937. The van der Waals surface area contributed by atoms with Crippen molar-refractivity contribution in [2.75, 3.05) is 12.3 Å². The number of hydrogen-bond acceptors (Lipinski definition) is 3. The summed E-state index contributed by atoms with van der Waals surface area (Å²) >= 11 is 0. The molecule has 0 bridgehead atoms. The zero-order chi connectivity index (χ0) is 21.3. The summed E-state index contributed by atoms with van der Waals surface area (Å²) < 4.78 is 101. The number of hydrogen-bond donors (Lipinski definition) is 1. The molecule has 1 N–H and O–H groups in total. The monoisotopic (exact) mass is 430 g/mol. The van der Waals surface area contributed by atoms with E-state index >= 15 is 0 Å². The molecule has 0 radical (unpaired) electrons. The maximum absolute atomic E-state index is 13.2. The predicted molar refractivity (Wildman–Crippen MR) is 91.4 cm³/mol. The Morgan fingerprint density at radius 3 is 2.29 bits per heavy atom. The lowest BCUT2D eigenvalue weighted by atomic mass is 9.99. The van der Waals surface area contributed by atoms with Crippen LogP contribution in [0.4, 0.5) is 30.7 Å². The molecule has 156 valence electrons. The molecule has 1 atom stereocenters. The second-order valence-corrected chi connectivity index (χ2v) is 7.78. The number of amidine groups is 1. The quantitative estimate of drug-likeness (QED) is 0.684. The zero-order valence-electron chi connectivity index (χ0n) is 14.8. The lowest BCUT2D eigenvalue weighted by Gasteiger charge is -2.20. The van der Waals surface area contributed by atoms with E-state index in [-0.39, 0.29) is 17.9 Å². The van der Waals surface area contributed by atoms with Crippen LogP contribution in [0.5, 0.6) is 0 Å². The van der Waals surface area contributed by atoms with Gasteiger partial charge in [0.25, 0.3) is 6.43 Å². The molecule has 0 aliphatic carbocycles. The summed E-state index contributed by atoms with van der Waals surface area (Å²) in [5, 5.41) is 2.36. The van der Waals surface area contributed by atoms with Crippen LogP contribution in [0.1, 0.15) is 16.7 Å². The number of benzene rings is 1. The van der Waals surface area contributed by atoms with Crippen LogP contribution in [0, 0.1) is 13.8 Å². The van der Waals surface area contributed by atoms with Gasteiger partial charge in [-0.15, -0.1) is 0 Å². The van der Waals surface area contributed by atoms with E-state index in [4.69, 9.17) is 0 Å². The van der Waals surface area contributed by atoms with E-state index < -0.39 is 40.9 Å². The Morgan fingerprint density at radius 1 is 1.14 bits per heavy atom. The number of nitrogens with zero attached hydrogens (tertiary/aromatic N) is 1. The molecular weight excluding hydrogens is 413 g/mol. The first-order valence-corrected chi connectivity index (χ1v) is 9.33. The molecule has 11 heteroatoms. The highest BCUT2D eigenvalue weighted by Gasteiger charge is 2.58. The molecular formula is C17H17F7N2OS. The topological polar surface area (TPSA) is 41.5 Å². The van der Waals surface area contributed by atoms with E-state index in [1.807, 2.05) is 0 Å². The maximum Gasteiger partial charge on any atom is 0.454 e. The highest BCUT2D eigenvalue weighted by molar-refractivity contribution is 7.85. The van der Waals surface area contributed by atoms with Crippen LogP contribution >= 0.6 is 0 Å². The van der Waals surface area contributed by atoms with E-state index in [2.05, 4.69) is 10.3 Å². The van der Waals surface area contributed by atoms with Crippen molar-refractivity contribution in [1.82, 2.24) is 5.32 Å². The molecule has 3 nitrogen and oxygen atoms in total. The predicted octanol–water partition coefficient (Wildman–Crippen LogP) is 4.30. The SMILES string of the molecule is Cc1cc(C)c(S(=O)CC(F)(F)C(F)(F)F)cc1CC1=CNC(C(F)F)=NC1. The summed E-state index contributed by atoms with van der Waals surface area (Å²) in [6.45, 7) is 3.16. The van der Waals surface area contributed by atoms with E-state index in [9.17, 15) is 34.9 Å². The van der Waals surface area contributed by atoms with Crippen molar-refractivity contribution in [3.05, 3.63) is 40.6 Å². The van der Waals surface area contributed by atoms with E-state index in [0.717, 1.165) is 0 Å². The van der Waals surface area contributed by atoms with Crippen LogP contribution in [0.15, 0.2) is 33.8 Å². The van der Waals surface area contributed by atoms with Gasteiger partial charge in [-0.1, -0.05) is 6.07 Å². The lowest BCUT2D eigenvalue weighted by Crippen LogP contribution is -2.41. The fourth-order valence-electron chi connectivity index (χ4n) is 2.57. The third-order valence-corrected chi connectivity index (χ3v) is 5.66. The van der Waals surface area contributed by atoms with Gasteiger partial charge >= 0.3 is 12.1 Å². The first-order valence-electron chi connectivity index (χ1n) is 8.02. The lowest BCUT2D eigenvalue weighted by molar-refractivity contribution is -0.271. The molecule has 0 saturated heterocycles. The van der Waals surface area contributed by atoms with Gasteiger partial charge < -0.3 is 5.32 Å². The van der Waals surface area contributed by atoms with Gasteiger partial charge in [0.1, 0.15) is 5.75 Å². The molecule has 1 unspecified atom stereocenters. The average Bonchev–Trinajstić information content (AvgIpc) is 2.56. The molecule has 0 aromatic heterocycles. The first kappa shape index (κ1) is 22.4. The highest BCUT2D eigenvalue weighted by Crippen LogP contribution is 2.37. The Hall–Kier alpha value is -1.91. The van der Waals surface area contributed by atoms with E-state index in [0.29, 0.717) is 22.3 Å². The standard InChI is InChI=1S/C17H17F7N2OS/c1-9-3-10(2)13(28(27)8-16(20,21)17(22,23)24)5-12(9)4-11-6-25-15(14(18)19)26-7-11/h3,5-6,14H,4,7-8H2,1-2H3,(H,25,26). The molecule has 1 aromatic rings. The van der Waals surface area contributed by atoms with Crippen molar-refractivity contribution in [2.24, 2.45) is 4.99 Å². The number of halogens is 7. The summed E-state index contributed by atoms with van der Waals surface area (Å²) in [4.78, 5) is 3.57. The van der Waals surface area contributed by atoms with Gasteiger partial charge in [-0.3, -0.25) is 9.20 Å². The van der Waals surface area contributed by atoms with Crippen LogP contribution in [0.3, 0.4) is 0 Å². The first-order chi connectivity index (χ1) is 12.8. The largest absolute Gasteiger partial charge is 0.454 e. The Morgan fingerprint density at radius 2 is 1.79 bits per heavy atom. The molecule has 1 heterocycles. The van der Waals surface area contributed by atoms with E-state index in [1.165, 1.54) is 19.2 Å². The number of rotatable bonds is 6. The normalized spacial score (nSPS) is 16.5. The third kappa shape index (κ3) is 5.12. The Kier molecular flexibility index (Phi) is 6.57. The molecule has 0 spiro atoms. The number of aliphatic imine (C=N–C) groups is 1. The van der Waals surface area contributed by atoms with Crippen molar-refractivity contribution < 1.29 is 34.9 Å². The molecule has 1 aliphatic heterocycles. The molecule has 2 rings (SSSR count). The summed E-state index contributed by atoms with van der Waals surface area (Å²) in [6, 6.07) is 2.86. The van der Waals surface area contributed by atoms with Crippen LogP contribution in [0.25, 0.3) is 0 Å². The summed E-state index contributed by atoms with van der Waals surface area (Å²) in [7, 11) is -2.58. The molecule has 0 saturated carbocycles. The van der Waals surface area contributed by atoms with Gasteiger partial charge in [0, 0.05) is 11.1 Å². The fourth-order valence-corrected chi connectivity index (χ4v) is 3.91. The van der Waals surface area contributed by atoms with Gasteiger partial charge in [0.2, 0.25) is 0 Å². The Bertz CT molecular complexity index is 832. The molecule has 1 aromatic carbocycles. The van der Waals surface area contributed by atoms with Gasteiger partial charge in [0.15, 0.2) is 5.84 Å². The van der Waals surface area contributed by atoms with Gasteiger partial charge in [-0.05, 0) is 48.6 Å². The Balaban J connectivity index is 2.22. The van der Waals surface area contributed by atoms with E-state index in [1.54, 1.807) is 13.0 Å². The van der Waals surface area contributed by atoms with Crippen LogP contribution < -0.4 is 5.32 Å². The van der Waals surface area contributed by atoms with Gasteiger partial charge in [-0.2, -0.15) is 22.0 Å². The van der Waals surface area contributed by atoms with Crippen molar-refractivity contribution in [2.45, 2.75) is 43.7 Å². The van der Waals surface area contributed by atoms with Crippen molar-refractivity contribution >= 4 is 16.6 Å². The number of alkyl halides is 7. The van der Waals surface area contributed by atoms with Gasteiger partial charge in [0.05, 0.1) is 17.3 Å². The van der Waals surface area contributed by atoms with Crippen LogP contribution in [-0.4, -0.2) is 40.9 Å². The minimum atomic E-state index is -5.79. The average molecular weight is 430 g/mol. The maximum atomic E-state index is 13.2. The summed E-state index contributed by atoms with van der Waals surface area (Å²) in [5.41, 5.74) is 2.17. The van der Waals surface area contributed by atoms with Crippen LogP contribution in [0.2, 0.25) is 0 Å². The molecule has 0 fully saturated rings. The third-order valence-electron chi connectivity index (χ3n) is 4.11. The molecule has 1 aliphatic rings. The van der Waals surface area contributed by atoms with Crippen molar-refractivity contribution in [3.8, 4) is 0 Å². The number of aryl methyl sites for hydroxylation is 2.